The van der Waals surface area contributed by atoms with Gasteiger partial charge in [0.25, 0.3) is 5.91 Å². The second-order valence-corrected chi connectivity index (χ2v) is 5.72. The zero-order valence-electron chi connectivity index (χ0n) is 12.8. The van der Waals surface area contributed by atoms with E-state index in [2.05, 4.69) is 23.4 Å². The Morgan fingerprint density at radius 3 is 2.95 bits per heavy atom. The Hall–Kier alpha value is -2.36. The molecule has 0 saturated carbocycles. The van der Waals surface area contributed by atoms with Crippen molar-refractivity contribution in [2.45, 2.75) is 38.6 Å². The summed E-state index contributed by atoms with van der Waals surface area (Å²) in [7, 11) is 0. The summed E-state index contributed by atoms with van der Waals surface area (Å²) >= 11 is 0. The molecule has 1 heterocycles. The molecule has 114 valence electrons. The average Bonchev–Trinajstić information content (AvgIpc) is 3.10. The molecule has 3 rings (SSSR count). The number of nitrogens with zero attached hydrogens (tertiary/aromatic N) is 2. The van der Waals surface area contributed by atoms with Gasteiger partial charge in [-0.25, -0.2) is 4.68 Å². The van der Waals surface area contributed by atoms with Crippen LogP contribution in [0.5, 0.6) is 0 Å². The molecule has 1 aliphatic rings. The van der Waals surface area contributed by atoms with Gasteiger partial charge in [-0.1, -0.05) is 17.7 Å². The number of rotatable bonds is 4. The van der Waals surface area contributed by atoms with Crippen LogP contribution >= 0.6 is 0 Å². The van der Waals surface area contributed by atoms with Crippen LogP contribution in [0.15, 0.2) is 54.4 Å². The molecule has 2 aromatic rings. The first-order valence-corrected chi connectivity index (χ1v) is 7.84. The first-order valence-electron chi connectivity index (χ1n) is 7.84. The first-order chi connectivity index (χ1) is 10.7. The van der Waals surface area contributed by atoms with Crippen LogP contribution in [-0.4, -0.2) is 21.7 Å². The Kier molecular flexibility index (Phi) is 4.37. The van der Waals surface area contributed by atoms with Crippen molar-refractivity contribution in [3.8, 4) is 5.69 Å². The summed E-state index contributed by atoms with van der Waals surface area (Å²) in [5.41, 5.74) is 2.90. The highest BCUT2D eigenvalue weighted by Gasteiger charge is 2.15. The molecule has 0 spiro atoms. The predicted octanol–water partition coefficient (Wildman–Crippen LogP) is 3.49. The lowest BCUT2D eigenvalue weighted by atomic mass is 9.94. The van der Waals surface area contributed by atoms with Crippen molar-refractivity contribution in [1.82, 2.24) is 15.1 Å². The molecule has 4 heteroatoms. The molecule has 1 atom stereocenters. The quantitative estimate of drug-likeness (QED) is 0.878. The lowest BCUT2D eigenvalue weighted by Gasteiger charge is -2.21. The maximum atomic E-state index is 12.5. The van der Waals surface area contributed by atoms with Crippen LogP contribution in [0, 0.1) is 0 Å². The van der Waals surface area contributed by atoms with Crippen LogP contribution in [0.2, 0.25) is 0 Å². The molecular weight excluding hydrogens is 274 g/mol. The molecule has 0 saturated heterocycles. The van der Waals surface area contributed by atoms with E-state index in [1.165, 1.54) is 18.4 Å². The number of allylic oxidation sites excluding steroid dienone is 1. The number of hydrogen-bond acceptors (Lipinski definition) is 2. The summed E-state index contributed by atoms with van der Waals surface area (Å²) in [6.45, 7) is 2.06. The van der Waals surface area contributed by atoms with Crippen molar-refractivity contribution in [3.05, 3.63) is 59.9 Å². The van der Waals surface area contributed by atoms with E-state index in [9.17, 15) is 4.79 Å². The van der Waals surface area contributed by atoms with Crippen LogP contribution in [0.25, 0.3) is 5.69 Å². The largest absolute Gasteiger partial charge is 0.346 e. The Labute approximate surface area is 130 Å². The van der Waals surface area contributed by atoms with Gasteiger partial charge in [0.2, 0.25) is 0 Å². The van der Waals surface area contributed by atoms with Gasteiger partial charge in [-0.15, -0.1) is 0 Å². The molecule has 0 bridgehead atoms. The molecule has 22 heavy (non-hydrogen) atoms. The Morgan fingerprint density at radius 2 is 2.23 bits per heavy atom. The summed E-state index contributed by atoms with van der Waals surface area (Å²) in [5, 5.41) is 7.30. The van der Waals surface area contributed by atoms with E-state index >= 15 is 0 Å². The minimum atomic E-state index is -0.0343. The summed E-state index contributed by atoms with van der Waals surface area (Å²) in [5.74, 6) is -0.0343. The van der Waals surface area contributed by atoms with E-state index in [1.807, 2.05) is 36.5 Å². The molecule has 0 aliphatic heterocycles. The van der Waals surface area contributed by atoms with Crippen molar-refractivity contribution in [2.24, 2.45) is 0 Å². The lowest BCUT2D eigenvalue weighted by Crippen LogP contribution is -2.34. The summed E-state index contributed by atoms with van der Waals surface area (Å²) in [4.78, 5) is 12.5. The summed E-state index contributed by atoms with van der Waals surface area (Å²) < 4.78 is 1.75. The number of aromatic nitrogens is 2. The van der Waals surface area contributed by atoms with Crippen molar-refractivity contribution in [3.63, 3.8) is 0 Å². The van der Waals surface area contributed by atoms with E-state index in [0.717, 1.165) is 18.5 Å². The van der Waals surface area contributed by atoms with Gasteiger partial charge in [-0.3, -0.25) is 4.79 Å². The number of carbonyl (C=O) groups excluding carboxylic acids is 1. The fourth-order valence-electron chi connectivity index (χ4n) is 2.84. The molecule has 0 fully saturated rings. The third-order valence-corrected chi connectivity index (χ3v) is 4.11. The third kappa shape index (κ3) is 3.27. The zero-order chi connectivity index (χ0) is 15.4. The zero-order valence-corrected chi connectivity index (χ0v) is 12.8. The monoisotopic (exact) mass is 295 g/mol. The fourth-order valence-corrected chi connectivity index (χ4v) is 2.84. The molecule has 1 aromatic heterocycles. The normalized spacial score (nSPS) is 16.0. The van der Waals surface area contributed by atoms with Gasteiger partial charge < -0.3 is 5.32 Å². The molecule has 0 radical (unpaired) electrons. The van der Waals surface area contributed by atoms with Crippen LogP contribution in [0.1, 0.15) is 43.0 Å². The molecular formula is C18H21N3O. The van der Waals surface area contributed by atoms with Gasteiger partial charge in [-0.2, -0.15) is 5.10 Å². The Morgan fingerprint density at radius 1 is 1.32 bits per heavy atom. The fraction of sp³-hybridized carbons (Fsp3) is 0.333. The predicted molar refractivity (Wildman–Crippen MR) is 87.0 cm³/mol. The van der Waals surface area contributed by atoms with Gasteiger partial charge in [0, 0.05) is 24.0 Å². The van der Waals surface area contributed by atoms with Gasteiger partial charge in [0.05, 0.1) is 5.69 Å². The second kappa shape index (κ2) is 6.60. The smallest absolute Gasteiger partial charge is 0.251 e. The SMILES string of the molecule is C[C@H](NC(=O)c1cccc(-n2cccn2)c1)C1=CCCCC1. The molecule has 4 nitrogen and oxygen atoms in total. The molecule has 1 aliphatic carbocycles. The third-order valence-electron chi connectivity index (χ3n) is 4.11. The van der Waals surface area contributed by atoms with Crippen molar-refractivity contribution < 1.29 is 4.79 Å². The highest BCUT2D eigenvalue weighted by atomic mass is 16.1. The number of amides is 1. The van der Waals surface area contributed by atoms with Crippen LogP contribution in [0.3, 0.4) is 0 Å². The number of benzene rings is 1. The minimum Gasteiger partial charge on any atom is -0.346 e. The maximum absolute atomic E-state index is 12.5. The van der Waals surface area contributed by atoms with Gasteiger partial charge >= 0.3 is 0 Å². The molecule has 1 N–H and O–H groups in total. The number of carbonyl (C=O) groups is 1. The van der Waals surface area contributed by atoms with Crippen LogP contribution in [0.4, 0.5) is 0 Å². The summed E-state index contributed by atoms with van der Waals surface area (Å²) in [6, 6.07) is 9.49. The van der Waals surface area contributed by atoms with E-state index < -0.39 is 0 Å². The molecule has 1 aromatic carbocycles. The van der Waals surface area contributed by atoms with Crippen LogP contribution in [-0.2, 0) is 0 Å². The second-order valence-electron chi connectivity index (χ2n) is 5.72. The van der Waals surface area contributed by atoms with Crippen molar-refractivity contribution >= 4 is 5.91 Å². The van der Waals surface area contributed by atoms with E-state index in [1.54, 1.807) is 10.9 Å². The standard InChI is InChI=1S/C18H21N3O/c1-14(15-7-3-2-4-8-15)20-18(22)16-9-5-10-17(13-16)21-12-6-11-19-21/h5-7,9-14H,2-4,8H2,1H3,(H,20,22)/t14-/m0/s1. The topological polar surface area (TPSA) is 46.9 Å². The van der Waals surface area contributed by atoms with Crippen LogP contribution < -0.4 is 5.32 Å². The van der Waals surface area contributed by atoms with E-state index in [-0.39, 0.29) is 11.9 Å². The van der Waals surface area contributed by atoms with Gasteiger partial charge in [0.1, 0.15) is 0 Å². The minimum absolute atomic E-state index is 0.0343. The van der Waals surface area contributed by atoms with Gasteiger partial charge in [0.15, 0.2) is 0 Å². The Bertz CT molecular complexity index is 673. The molecule has 1 amide bonds. The number of hydrogen-bond donors (Lipinski definition) is 1. The van der Waals surface area contributed by atoms with Crippen molar-refractivity contribution in [2.75, 3.05) is 0 Å². The first kappa shape index (κ1) is 14.6. The van der Waals surface area contributed by atoms with Gasteiger partial charge in [-0.05, 0) is 56.9 Å². The Balaban J connectivity index is 1.72. The maximum Gasteiger partial charge on any atom is 0.251 e. The highest BCUT2D eigenvalue weighted by molar-refractivity contribution is 5.95. The van der Waals surface area contributed by atoms with Crippen molar-refractivity contribution in [1.29, 1.82) is 0 Å². The van der Waals surface area contributed by atoms with E-state index in [4.69, 9.17) is 0 Å². The molecule has 0 unspecified atom stereocenters. The summed E-state index contributed by atoms with van der Waals surface area (Å²) in [6.07, 6.45) is 10.6. The number of nitrogens with one attached hydrogen (secondary N) is 1. The average molecular weight is 295 g/mol. The van der Waals surface area contributed by atoms with E-state index in [0.29, 0.717) is 5.56 Å². The lowest BCUT2D eigenvalue weighted by molar-refractivity contribution is 0.0944. The highest BCUT2D eigenvalue weighted by Crippen LogP contribution is 2.20.